The molecule has 0 radical (unpaired) electrons. The van der Waals surface area contributed by atoms with Crippen molar-refractivity contribution in [2.75, 3.05) is 32.8 Å². The standard InChI is InChI=1S/C24H26N2O6/c27-10-9-26(13-22(28)29)23(30)20-11-15(20)12-25-24(31)32-14-21-18-7-3-1-5-16(18)17-6-2-4-8-19(17)21/h1-8,15,20-21,27H,9-14H2,(H,25,31)(H,28,29)/t15-,20-/m1/s1. The molecule has 1 fully saturated rings. The zero-order chi connectivity index (χ0) is 22.7. The van der Waals surface area contributed by atoms with E-state index in [-0.39, 0.29) is 50.0 Å². The van der Waals surface area contributed by atoms with Crippen molar-refractivity contribution in [3.63, 3.8) is 0 Å². The van der Waals surface area contributed by atoms with E-state index in [1.165, 1.54) is 0 Å². The maximum atomic E-state index is 12.4. The van der Waals surface area contributed by atoms with Crippen LogP contribution in [0, 0.1) is 11.8 Å². The van der Waals surface area contributed by atoms with E-state index >= 15 is 0 Å². The monoisotopic (exact) mass is 438 g/mol. The summed E-state index contributed by atoms with van der Waals surface area (Å²) in [6, 6.07) is 16.2. The van der Waals surface area contributed by atoms with Gasteiger partial charge in [0, 0.05) is 24.9 Å². The molecule has 8 nitrogen and oxygen atoms in total. The summed E-state index contributed by atoms with van der Waals surface area (Å²) >= 11 is 0. The summed E-state index contributed by atoms with van der Waals surface area (Å²) < 4.78 is 5.50. The van der Waals surface area contributed by atoms with E-state index in [1.807, 2.05) is 24.3 Å². The quantitative estimate of drug-likeness (QED) is 0.552. The van der Waals surface area contributed by atoms with Crippen molar-refractivity contribution in [3.05, 3.63) is 59.7 Å². The average molecular weight is 438 g/mol. The highest BCUT2D eigenvalue weighted by molar-refractivity contribution is 5.85. The van der Waals surface area contributed by atoms with Gasteiger partial charge in [-0.3, -0.25) is 9.59 Å². The first-order chi connectivity index (χ1) is 15.5. The second-order valence-corrected chi connectivity index (χ2v) is 8.19. The van der Waals surface area contributed by atoms with Gasteiger partial charge in [-0.25, -0.2) is 4.79 Å². The Morgan fingerprint density at radius 1 is 1.03 bits per heavy atom. The third kappa shape index (κ3) is 4.60. The maximum Gasteiger partial charge on any atom is 0.407 e. The molecule has 0 bridgehead atoms. The number of ether oxygens (including phenoxy) is 1. The molecule has 0 heterocycles. The van der Waals surface area contributed by atoms with Gasteiger partial charge >= 0.3 is 12.1 Å². The van der Waals surface area contributed by atoms with Crippen molar-refractivity contribution < 1.29 is 29.3 Å². The van der Waals surface area contributed by atoms with Gasteiger partial charge < -0.3 is 25.2 Å². The number of nitrogens with one attached hydrogen (secondary N) is 1. The van der Waals surface area contributed by atoms with Crippen LogP contribution < -0.4 is 5.32 Å². The molecule has 2 aliphatic carbocycles. The summed E-state index contributed by atoms with van der Waals surface area (Å²) in [4.78, 5) is 36.8. The fourth-order valence-electron chi connectivity index (χ4n) is 4.43. The topological polar surface area (TPSA) is 116 Å². The molecule has 168 valence electrons. The molecule has 0 aromatic heterocycles. The molecule has 0 unspecified atom stereocenters. The number of carboxylic acid groups (broad SMARTS) is 1. The number of carbonyl (C=O) groups excluding carboxylic acids is 2. The fraction of sp³-hybridized carbons (Fsp3) is 0.375. The predicted molar refractivity (Wildman–Crippen MR) is 116 cm³/mol. The van der Waals surface area contributed by atoms with Gasteiger partial charge in [-0.15, -0.1) is 0 Å². The van der Waals surface area contributed by atoms with Crippen molar-refractivity contribution >= 4 is 18.0 Å². The Bertz CT molecular complexity index is 978. The molecule has 4 rings (SSSR count). The molecule has 2 atom stereocenters. The second kappa shape index (κ2) is 9.40. The van der Waals surface area contributed by atoms with Gasteiger partial charge in [-0.1, -0.05) is 48.5 Å². The van der Waals surface area contributed by atoms with Crippen LogP contribution in [0.2, 0.25) is 0 Å². The number of carboxylic acids is 1. The highest BCUT2D eigenvalue weighted by Gasteiger charge is 2.45. The summed E-state index contributed by atoms with van der Waals surface area (Å²) in [5.41, 5.74) is 4.59. The normalized spacial score (nSPS) is 18.4. The summed E-state index contributed by atoms with van der Waals surface area (Å²) in [5.74, 6) is -1.85. The van der Waals surface area contributed by atoms with Gasteiger partial charge in [0.1, 0.15) is 13.2 Å². The van der Waals surface area contributed by atoms with Gasteiger partial charge in [0.2, 0.25) is 5.91 Å². The molecule has 2 amide bonds. The van der Waals surface area contributed by atoms with Crippen LogP contribution in [0.4, 0.5) is 4.79 Å². The molecular weight excluding hydrogens is 412 g/mol. The first-order valence-corrected chi connectivity index (χ1v) is 10.7. The molecule has 3 N–H and O–H groups in total. The molecule has 2 aromatic carbocycles. The molecule has 2 aromatic rings. The molecule has 0 spiro atoms. The lowest BCUT2D eigenvalue weighted by atomic mass is 9.98. The predicted octanol–water partition coefficient (Wildman–Crippen LogP) is 2.07. The second-order valence-electron chi connectivity index (χ2n) is 8.19. The van der Waals surface area contributed by atoms with E-state index in [4.69, 9.17) is 14.9 Å². The number of hydrogen-bond donors (Lipinski definition) is 3. The third-order valence-electron chi connectivity index (χ3n) is 6.10. The highest BCUT2D eigenvalue weighted by Crippen LogP contribution is 2.44. The van der Waals surface area contributed by atoms with E-state index in [0.29, 0.717) is 6.42 Å². The smallest absolute Gasteiger partial charge is 0.407 e. The number of nitrogens with zero attached hydrogens (tertiary/aromatic N) is 1. The summed E-state index contributed by atoms with van der Waals surface area (Å²) in [6.45, 7) is -0.256. The van der Waals surface area contributed by atoms with Gasteiger partial charge in [-0.05, 0) is 34.6 Å². The number of benzene rings is 2. The van der Waals surface area contributed by atoms with Crippen molar-refractivity contribution in [3.8, 4) is 11.1 Å². The van der Waals surface area contributed by atoms with E-state index in [0.717, 1.165) is 27.2 Å². The van der Waals surface area contributed by atoms with Gasteiger partial charge in [0.25, 0.3) is 0 Å². The first-order valence-electron chi connectivity index (χ1n) is 10.7. The Morgan fingerprint density at radius 3 is 2.25 bits per heavy atom. The number of aliphatic hydroxyl groups excluding tert-OH is 1. The van der Waals surface area contributed by atoms with Crippen LogP contribution in [0.5, 0.6) is 0 Å². The van der Waals surface area contributed by atoms with Gasteiger partial charge in [0.15, 0.2) is 0 Å². The lowest BCUT2D eigenvalue weighted by Gasteiger charge is -2.19. The highest BCUT2D eigenvalue weighted by atomic mass is 16.5. The Kier molecular flexibility index (Phi) is 6.41. The molecule has 0 saturated heterocycles. The largest absolute Gasteiger partial charge is 0.480 e. The van der Waals surface area contributed by atoms with Crippen molar-refractivity contribution in [2.45, 2.75) is 12.3 Å². The molecular formula is C24H26N2O6. The minimum atomic E-state index is -1.12. The van der Waals surface area contributed by atoms with Crippen LogP contribution in [0.15, 0.2) is 48.5 Å². The lowest BCUT2D eigenvalue weighted by Crippen LogP contribution is -2.39. The molecule has 32 heavy (non-hydrogen) atoms. The Balaban J connectivity index is 1.27. The number of aliphatic carboxylic acids is 1. The van der Waals surface area contributed by atoms with Crippen LogP contribution in [-0.4, -0.2) is 65.9 Å². The van der Waals surface area contributed by atoms with Gasteiger partial charge in [0.05, 0.1) is 6.61 Å². The van der Waals surface area contributed by atoms with Crippen LogP contribution >= 0.6 is 0 Å². The number of aliphatic hydroxyl groups is 1. The number of alkyl carbamates (subject to hydrolysis) is 1. The Morgan fingerprint density at radius 2 is 1.66 bits per heavy atom. The number of hydrogen-bond acceptors (Lipinski definition) is 5. The van der Waals surface area contributed by atoms with Crippen LogP contribution in [0.3, 0.4) is 0 Å². The number of rotatable bonds is 9. The molecule has 8 heteroatoms. The minimum absolute atomic E-state index is 0.0197. The minimum Gasteiger partial charge on any atom is -0.480 e. The summed E-state index contributed by atoms with van der Waals surface area (Å²) in [5, 5.41) is 20.7. The molecule has 1 saturated carbocycles. The zero-order valence-corrected chi connectivity index (χ0v) is 17.6. The average Bonchev–Trinajstić information content (AvgIpc) is 3.50. The van der Waals surface area contributed by atoms with Crippen molar-refractivity contribution in [1.82, 2.24) is 10.2 Å². The van der Waals surface area contributed by atoms with E-state index in [1.54, 1.807) is 0 Å². The SMILES string of the molecule is O=C(O)CN(CCO)C(=O)[C@@H]1C[C@@H]1CNC(=O)OCC1c2ccccc2-c2ccccc21. The number of fused-ring (bicyclic) bond motifs is 3. The number of amides is 2. The van der Waals surface area contributed by atoms with Crippen LogP contribution in [0.25, 0.3) is 11.1 Å². The Hall–Kier alpha value is -3.39. The molecule has 0 aliphatic heterocycles. The van der Waals surface area contributed by atoms with Crippen LogP contribution in [-0.2, 0) is 14.3 Å². The summed E-state index contributed by atoms with van der Waals surface area (Å²) in [7, 11) is 0. The number of carbonyl (C=O) groups is 3. The molecule has 2 aliphatic rings. The van der Waals surface area contributed by atoms with E-state index < -0.39 is 18.6 Å². The van der Waals surface area contributed by atoms with E-state index in [2.05, 4.69) is 29.6 Å². The fourth-order valence-corrected chi connectivity index (χ4v) is 4.43. The lowest BCUT2D eigenvalue weighted by molar-refractivity contribution is -0.145. The first kappa shape index (κ1) is 21.8. The van der Waals surface area contributed by atoms with Crippen molar-refractivity contribution in [2.24, 2.45) is 11.8 Å². The van der Waals surface area contributed by atoms with Gasteiger partial charge in [-0.2, -0.15) is 0 Å². The Labute approximate surface area is 185 Å². The van der Waals surface area contributed by atoms with Crippen molar-refractivity contribution in [1.29, 1.82) is 0 Å². The summed E-state index contributed by atoms with van der Waals surface area (Å²) in [6.07, 6.45) is 0.0343. The third-order valence-corrected chi connectivity index (χ3v) is 6.10. The van der Waals surface area contributed by atoms with E-state index in [9.17, 15) is 14.4 Å². The van der Waals surface area contributed by atoms with Crippen LogP contribution in [0.1, 0.15) is 23.5 Å². The zero-order valence-electron chi connectivity index (χ0n) is 17.6. The maximum absolute atomic E-state index is 12.4.